The summed E-state index contributed by atoms with van der Waals surface area (Å²) in [7, 11) is 0. The lowest BCUT2D eigenvalue weighted by Gasteiger charge is -2.11. The minimum Gasteiger partial charge on any atom is -0.309 e. The van der Waals surface area contributed by atoms with E-state index in [4.69, 9.17) is 0 Å². The van der Waals surface area contributed by atoms with Gasteiger partial charge in [0.2, 0.25) is 0 Å². The molecule has 0 aliphatic carbocycles. The number of rotatable bonds is 5. The van der Waals surface area contributed by atoms with Crippen LogP contribution in [-0.4, -0.2) is 9.13 Å². The fourth-order valence-electron chi connectivity index (χ4n) is 7.75. The first-order chi connectivity index (χ1) is 24.8. The molecule has 0 atom stereocenters. The second-order valence-electron chi connectivity index (χ2n) is 13.0. The third-order valence-electron chi connectivity index (χ3n) is 10.1. The molecule has 0 aliphatic heterocycles. The molecule has 0 bridgehead atoms. The summed E-state index contributed by atoms with van der Waals surface area (Å²) < 4.78 is 4.83. The second-order valence-corrected chi connectivity index (χ2v) is 13.0. The molecule has 2 heterocycles. The highest BCUT2D eigenvalue weighted by molar-refractivity contribution is 6.13. The van der Waals surface area contributed by atoms with E-state index in [9.17, 15) is 0 Å². The molecule has 50 heavy (non-hydrogen) atoms. The Kier molecular flexibility index (Phi) is 6.53. The van der Waals surface area contributed by atoms with Crippen molar-refractivity contribution in [2.75, 3.05) is 0 Å². The SMILES string of the molecule is c1ccc(-c2cccc(-n3c4ccccc4c4cc(-c5ccc6c7ccc(-c8ccccc8)cc7n(-c7ccccc7)c6c5)ccc43)c2)cc1. The minimum absolute atomic E-state index is 1.16. The van der Waals surface area contributed by atoms with Crippen molar-refractivity contribution in [1.82, 2.24) is 9.13 Å². The van der Waals surface area contributed by atoms with Crippen LogP contribution in [0.3, 0.4) is 0 Å². The van der Waals surface area contributed by atoms with Crippen molar-refractivity contribution >= 4 is 43.6 Å². The molecule has 2 aromatic heterocycles. The standard InChI is InChI=1S/C48H32N2/c1-4-13-33(14-5-1)35-17-12-20-40(29-35)50-45-22-11-10-21-41(45)44-30-36(25-28-46(44)50)38-24-27-43-42-26-23-37(34-15-6-2-7-16-34)31-47(42)49(48(43)32-38)39-18-8-3-9-19-39/h1-32H. The van der Waals surface area contributed by atoms with E-state index < -0.39 is 0 Å². The molecular formula is C48H32N2. The molecule has 2 heteroatoms. The zero-order valence-electron chi connectivity index (χ0n) is 27.4. The molecule has 0 saturated heterocycles. The van der Waals surface area contributed by atoms with Crippen LogP contribution in [-0.2, 0) is 0 Å². The van der Waals surface area contributed by atoms with Gasteiger partial charge >= 0.3 is 0 Å². The monoisotopic (exact) mass is 636 g/mol. The maximum absolute atomic E-state index is 2.42. The van der Waals surface area contributed by atoms with Gasteiger partial charge in [-0.25, -0.2) is 0 Å². The Morgan fingerprint density at radius 1 is 0.220 bits per heavy atom. The van der Waals surface area contributed by atoms with E-state index >= 15 is 0 Å². The Labute approximate surface area is 290 Å². The first-order valence-electron chi connectivity index (χ1n) is 17.2. The number of aromatic nitrogens is 2. The van der Waals surface area contributed by atoms with Crippen LogP contribution in [0.4, 0.5) is 0 Å². The van der Waals surface area contributed by atoms with E-state index in [0.29, 0.717) is 0 Å². The van der Waals surface area contributed by atoms with Gasteiger partial charge in [0.05, 0.1) is 22.1 Å². The molecule has 234 valence electrons. The zero-order chi connectivity index (χ0) is 33.0. The van der Waals surface area contributed by atoms with Gasteiger partial charge < -0.3 is 9.13 Å². The molecular weight excluding hydrogens is 605 g/mol. The molecule has 10 aromatic rings. The maximum Gasteiger partial charge on any atom is 0.0547 e. The molecule has 10 rings (SSSR count). The van der Waals surface area contributed by atoms with Gasteiger partial charge in [-0.05, 0) is 88.0 Å². The van der Waals surface area contributed by atoms with E-state index in [1.165, 1.54) is 77.0 Å². The Balaban J connectivity index is 1.16. The van der Waals surface area contributed by atoms with Crippen LogP contribution in [0.15, 0.2) is 194 Å². The Morgan fingerprint density at radius 2 is 0.660 bits per heavy atom. The van der Waals surface area contributed by atoms with Crippen LogP contribution >= 0.6 is 0 Å². The fraction of sp³-hybridized carbons (Fsp3) is 0. The molecule has 0 saturated carbocycles. The summed E-state index contributed by atoms with van der Waals surface area (Å²) in [5, 5.41) is 5.01. The molecule has 0 spiro atoms. The van der Waals surface area contributed by atoms with Crippen molar-refractivity contribution in [1.29, 1.82) is 0 Å². The van der Waals surface area contributed by atoms with Crippen molar-refractivity contribution in [3.05, 3.63) is 194 Å². The van der Waals surface area contributed by atoms with E-state index in [2.05, 4.69) is 203 Å². The van der Waals surface area contributed by atoms with Gasteiger partial charge in [0.1, 0.15) is 0 Å². The van der Waals surface area contributed by atoms with E-state index in [-0.39, 0.29) is 0 Å². The average molecular weight is 637 g/mol. The number of nitrogens with zero attached hydrogens (tertiary/aromatic N) is 2. The predicted molar refractivity (Wildman–Crippen MR) is 211 cm³/mol. The third-order valence-corrected chi connectivity index (χ3v) is 10.1. The first kappa shape index (κ1) is 28.4. The summed E-state index contributed by atoms with van der Waals surface area (Å²) in [6.07, 6.45) is 0. The van der Waals surface area contributed by atoms with E-state index in [1.54, 1.807) is 0 Å². The second kappa shape index (κ2) is 11.5. The molecule has 0 amide bonds. The van der Waals surface area contributed by atoms with Crippen LogP contribution in [0.1, 0.15) is 0 Å². The summed E-state index contributed by atoms with van der Waals surface area (Å²) in [4.78, 5) is 0. The smallest absolute Gasteiger partial charge is 0.0547 e. The number of fused-ring (bicyclic) bond motifs is 6. The topological polar surface area (TPSA) is 9.86 Å². The quantitative estimate of drug-likeness (QED) is 0.178. The van der Waals surface area contributed by atoms with E-state index in [0.717, 1.165) is 11.4 Å². The van der Waals surface area contributed by atoms with Gasteiger partial charge in [0, 0.05) is 32.9 Å². The number of hydrogen-bond donors (Lipinski definition) is 0. The molecule has 8 aromatic carbocycles. The van der Waals surface area contributed by atoms with Crippen molar-refractivity contribution in [3.8, 4) is 44.8 Å². The van der Waals surface area contributed by atoms with Gasteiger partial charge in [-0.3, -0.25) is 0 Å². The molecule has 0 N–H and O–H groups in total. The molecule has 0 unspecified atom stereocenters. The van der Waals surface area contributed by atoms with Gasteiger partial charge in [0.15, 0.2) is 0 Å². The zero-order valence-corrected chi connectivity index (χ0v) is 27.4. The Hall–Kier alpha value is -6.64. The summed E-state index contributed by atoms with van der Waals surface area (Å²) >= 11 is 0. The highest BCUT2D eigenvalue weighted by Crippen LogP contribution is 2.39. The lowest BCUT2D eigenvalue weighted by Crippen LogP contribution is -1.94. The molecule has 2 nitrogen and oxygen atoms in total. The number of hydrogen-bond acceptors (Lipinski definition) is 0. The van der Waals surface area contributed by atoms with Gasteiger partial charge in [0.25, 0.3) is 0 Å². The summed E-state index contributed by atoms with van der Waals surface area (Å²) in [6, 6.07) is 70.4. The molecule has 0 aliphatic rings. The number of para-hydroxylation sites is 2. The van der Waals surface area contributed by atoms with Gasteiger partial charge in [-0.1, -0.05) is 140 Å². The van der Waals surface area contributed by atoms with Crippen LogP contribution in [0, 0.1) is 0 Å². The summed E-state index contributed by atoms with van der Waals surface area (Å²) in [6.45, 7) is 0. The van der Waals surface area contributed by atoms with Crippen molar-refractivity contribution in [3.63, 3.8) is 0 Å². The van der Waals surface area contributed by atoms with Crippen LogP contribution in [0.25, 0.3) is 88.4 Å². The number of benzene rings is 8. The lowest BCUT2D eigenvalue weighted by molar-refractivity contribution is 1.18. The van der Waals surface area contributed by atoms with Gasteiger partial charge in [-0.15, -0.1) is 0 Å². The van der Waals surface area contributed by atoms with E-state index in [1.807, 2.05) is 0 Å². The van der Waals surface area contributed by atoms with Crippen LogP contribution < -0.4 is 0 Å². The third kappa shape index (κ3) is 4.57. The normalized spacial score (nSPS) is 11.6. The summed E-state index contributed by atoms with van der Waals surface area (Å²) in [5.74, 6) is 0. The minimum atomic E-state index is 1.16. The van der Waals surface area contributed by atoms with Crippen molar-refractivity contribution in [2.45, 2.75) is 0 Å². The molecule has 0 fully saturated rings. The largest absolute Gasteiger partial charge is 0.309 e. The van der Waals surface area contributed by atoms with Crippen molar-refractivity contribution < 1.29 is 0 Å². The fourth-order valence-corrected chi connectivity index (χ4v) is 7.75. The lowest BCUT2D eigenvalue weighted by atomic mass is 10.0. The Bertz CT molecular complexity index is 2840. The predicted octanol–water partition coefficient (Wildman–Crippen LogP) is 12.9. The first-order valence-corrected chi connectivity index (χ1v) is 17.2. The van der Waals surface area contributed by atoms with Crippen LogP contribution in [0.2, 0.25) is 0 Å². The van der Waals surface area contributed by atoms with Gasteiger partial charge in [-0.2, -0.15) is 0 Å². The Morgan fingerprint density at radius 3 is 1.34 bits per heavy atom. The maximum atomic E-state index is 2.42. The molecule has 0 radical (unpaired) electrons. The van der Waals surface area contributed by atoms with Crippen LogP contribution in [0.5, 0.6) is 0 Å². The highest BCUT2D eigenvalue weighted by Gasteiger charge is 2.17. The highest BCUT2D eigenvalue weighted by atomic mass is 15.0. The summed E-state index contributed by atoms with van der Waals surface area (Å²) in [5.41, 5.74) is 14.4. The average Bonchev–Trinajstić information content (AvgIpc) is 3.70. The van der Waals surface area contributed by atoms with Crippen molar-refractivity contribution in [2.24, 2.45) is 0 Å².